The number of rotatable bonds is 4. The van der Waals surface area contributed by atoms with Crippen LogP contribution in [-0.2, 0) is 10.0 Å². The molecule has 0 atom stereocenters. The van der Waals surface area contributed by atoms with Gasteiger partial charge < -0.3 is 0 Å². The van der Waals surface area contributed by atoms with Crippen molar-refractivity contribution in [3.63, 3.8) is 0 Å². The van der Waals surface area contributed by atoms with E-state index in [0.29, 0.717) is 22.2 Å². The maximum Gasteiger partial charge on any atom is 0.273 e. The number of aromatic amines is 1. The fraction of sp³-hybridized carbons (Fsp3) is 0.0714. The summed E-state index contributed by atoms with van der Waals surface area (Å²) in [7, 11) is -3.95. The molecule has 1 aromatic heterocycles. The van der Waals surface area contributed by atoms with Crippen molar-refractivity contribution >= 4 is 32.3 Å². The third-order valence-electron chi connectivity index (χ3n) is 3.42. The van der Waals surface area contributed by atoms with Gasteiger partial charge in [-0.3, -0.25) is 19.9 Å². The van der Waals surface area contributed by atoms with Gasteiger partial charge in [-0.25, -0.2) is 8.42 Å². The highest BCUT2D eigenvalue weighted by Gasteiger charge is 2.20. The first-order valence-electron chi connectivity index (χ1n) is 6.58. The lowest BCUT2D eigenvalue weighted by molar-refractivity contribution is -0.385. The highest BCUT2D eigenvalue weighted by atomic mass is 32.2. The van der Waals surface area contributed by atoms with Gasteiger partial charge in [-0.1, -0.05) is 12.1 Å². The Hall–Kier alpha value is -2.94. The van der Waals surface area contributed by atoms with Crippen LogP contribution < -0.4 is 4.72 Å². The van der Waals surface area contributed by atoms with Gasteiger partial charge in [0.05, 0.1) is 27.2 Å². The summed E-state index contributed by atoms with van der Waals surface area (Å²) in [4.78, 5) is 10.2. The van der Waals surface area contributed by atoms with Crippen LogP contribution in [0.4, 0.5) is 11.4 Å². The molecule has 3 rings (SSSR count). The molecule has 23 heavy (non-hydrogen) atoms. The van der Waals surface area contributed by atoms with E-state index in [4.69, 9.17) is 0 Å². The van der Waals surface area contributed by atoms with E-state index >= 15 is 0 Å². The van der Waals surface area contributed by atoms with Crippen LogP contribution in [0.15, 0.2) is 47.5 Å². The van der Waals surface area contributed by atoms with Crippen molar-refractivity contribution in [1.82, 2.24) is 10.2 Å². The summed E-state index contributed by atoms with van der Waals surface area (Å²) in [5.41, 5.74) is 1.18. The minimum Gasteiger partial charge on any atom is -0.279 e. The van der Waals surface area contributed by atoms with Crippen molar-refractivity contribution in [3.8, 4) is 0 Å². The van der Waals surface area contributed by atoms with Gasteiger partial charge in [0.25, 0.3) is 15.7 Å². The molecule has 0 saturated heterocycles. The number of nitro benzene ring substituents is 1. The minimum atomic E-state index is -3.95. The summed E-state index contributed by atoms with van der Waals surface area (Å²) >= 11 is 0. The van der Waals surface area contributed by atoms with Crippen molar-refractivity contribution in [2.45, 2.75) is 11.8 Å². The average Bonchev–Trinajstić information content (AvgIpc) is 2.96. The van der Waals surface area contributed by atoms with Gasteiger partial charge in [-0.2, -0.15) is 5.10 Å². The van der Waals surface area contributed by atoms with Crippen LogP contribution in [0, 0.1) is 17.0 Å². The molecule has 0 aliphatic heterocycles. The first-order chi connectivity index (χ1) is 10.9. The number of anilines is 1. The number of sulfonamides is 1. The molecule has 2 aromatic carbocycles. The lowest BCUT2D eigenvalue weighted by Crippen LogP contribution is -2.13. The predicted molar refractivity (Wildman–Crippen MR) is 84.7 cm³/mol. The number of nitro groups is 1. The molecule has 0 saturated carbocycles. The van der Waals surface area contributed by atoms with Crippen molar-refractivity contribution in [1.29, 1.82) is 0 Å². The molecule has 0 spiro atoms. The van der Waals surface area contributed by atoms with Gasteiger partial charge in [0, 0.05) is 17.0 Å². The molecule has 9 heteroatoms. The maximum atomic E-state index is 12.5. The number of nitrogens with one attached hydrogen (secondary N) is 2. The summed E-state index contributed by atoms with van der Waals surface area (Å²) in [6.45, 7) is 1.55. The Balaban J connectivity index is 2.04. The quantitative estimate of drug-likeness (QED) is 0.562. The van der Waals surface area contributed by atoms with E-state index in [-0.39, 0.29) is 10.6 Å². The number of aryl methyl sites for hydroxylation is 1. The topological polar surface area (TPSA) is 118 Å². The van der Waals surface area contributed by atoms with Crippen LogP contribution in [0.2, 0.25) is 0 Å². The molecular formula is C14H12N4O4S. The Morgan fingerprint density at radius 3 is 2.78 bits per heavy atom. The number of aromatic nitrogens is 2. The van der Waals surface area contributed by atoms with Crippen LogP contribution >= 0.6 is 0 Å². The van der Waals surface area contributed by atoms with E-state index in [0.717, 1.165) is 6.07 Å². The number of nitrogens with zero attached hydrogens (tertiary/aromatic N) is 2. The first kappa shape index (κ1) is 15.0. The molecule has 118 valence electrons. The zero-order valence-electron chi connectivity index (χ0n) is 12.0. The normalized spacial score (nSPS) is 11.5. The zero-order chi connectivity index (χ0) is 16.6. The maximum absolute atomic E-state index is 12.5. The second-order valence-corrected chi connectivity index (χ2v) is 6.63. The first-order valence-corrected chi connectivity index (χ1v) is 8.07. The van der Waals surface area contributed by atoms with Crippen molar-refractivity contribution in [3.05, 3.63) is 58.3 Å². The molecule has 3 aromatic rings. The van der Waals surface area contributed by atoms with Crippen LogP contribution in [0.25, 0.3) is 10.9 Å². The number of H-pyrrole nitrogens is 1. The van der Waals surface area contributed by atoms with E-state index in [1.807, 2.05) is 0 Å². The molecule has 0 bridgehead atoms. The molecule has 2 N–H and O–H groups in total. The largest absolute Gasteiger partial charge is 0.279 e. The summed E-state index contributed by atoms with van der Waals surface area (Å²) < 4.78 is 27.4. The predicted octanol–water partition coefficient (Wildman–Crippen LogP) is 2.58. The second-order valence-electron chi connectivity index (χ2n) is 4.95. The third kappa shape index (κ3) is 2.73. The Labute approximate surface area is 131 Å². The standard InChI is InChI=1S/C14H12N4O4S/c1-9-5-6-10(7-14(9)18(19)20)23(21,22)17-13-4-2-3-12-11(13)8-15-16-12/h2-8,17H,1H3,(H,15,16). The monoisotopic (exact) mass is 332 g/mol. The summed E-state index contributed by atoms with van der Waals surface area (Å²) in [5.74, 6) is 0. The van der Waals surface area contributed by atoms with E-state index in [1.165, 1.54) is 18.3 Å². The summed E-state index contributed by atoms with van der Waals surface area (Å²) in [6.07, 6.45) is 1.50. The second kappa shape index (κ2) is 5.36. The number of hydrogen-bond donors (Lipinski definition) is 2. The van der Waals surface area contributed by atoms with Crippen molar-refractivity contribution in [2.75, 3.05) is 4.72 Å². The van der Waals surface area contributed by atoms with Crippen LogP contribution in [0.5, 0.6) is 0 Å². The molecule has 0 unspecified atom stereocenters. The van der Waals surface area contributed by atoms with Crippen LogP contribution in [0.1, 0.15) is 5.56 Å². The Morgan fingerprint density at radius 2 is 2.04 bits per heavy atom. The van der Waals surface area contributed by atoms with Gasteiger partial charge in [0.1, 0.15) is 0 Å². The van der Waals surface area contributed by atoms with Crippen LogP contribution in [0.3, 0.4) is 0 Å². The number of fused-ring (bicyclic) bond motifs is 1. The Bertz CT molecular complexity index is 1010. The van der Waals surface area contributed by atoms with Crippen molar-refractivity contribution < 1.29 is 13.3 Å². The van der Waals surface area contributed by atoms with Gasteiger partial charge in [-0.05, 0) is 25.1 Å². The lowest BCUT2D eigenvalue weighted by atomic mass is 10.2. The van der Waals surface area contributed by atoms with Gasteiger partial charge in [-0.15, -0.1) is 0 Å². The Morgan fingerprint density at radius 1 is 1.26 bits per heavy atom. The molecule has 8 nitrogen and oxygen atoms in total. The van der Waals surface area contributed by atoms with Gasteiger partial charge in [0.2, 0.25) is 0 Å². The molecule has 0 amide bonds. The molecule has 0 radical (unpaired) electrons. The smallest absolute Gasteiger partial charge is 0.273 e. The highest BCUT2D eigenvalue weighted by molar-refractivity contribution is 7.92. The fourth-order valence-electron chi connectivity index (χ4n) is 2.21. The van der Waals surface area contributed by atoms with Crippen molar-refractivity contribution in [2.24, 2.45) is 0 Å². The van der Waals surface area contributed by atoms with Crippen LogP contribution in [-0.4, -0.2) is 23.5 Å². The number of hydrogen-bond acceptors (Lipinski definition) is 5. The highest BCUT2D eigenvalue weighted by Crippen LogP contribution is 2.26. The summed E-state index contributed by atoms with van der Waals surface area (Å²) in [6, 6.07) is 8.82. The number of benzene rings is 2. The molecule has 0 aliphatic rings. The van der Waals surface area contributed by atoms with Gasteiger partial charge >= 0.3 is 0 Å². The Kier molecular flexibility index (Phi) is 3.49. The van der Waals surface area contributed by atoms with E-state index in [1.54, 1.807) is 25.1 Å². The minimum absolute atomic E-state index is 0.171. The van der Waals surface area contributed by atoms with E-state index < -0.39 is 14.9 Å². The SMILES string of the molecule is Cc1ccc(S(=O)(=O)Nc2cccc3[nH]ncc23)cc1[N+](=O)[O-]. The molecule has 0 aliphatic carbocycles. The fourth-order valence-corrected chi connectivity index (χ4v) is 3.31. The van der Waals surface area contributed by atoms with E-state index in [9.17, 15) is 18.5 Å². The van der Waals surface area contributed by atoms with E-state index in [2.05, 4.69) is 14.9 Å². The third-order valence-corrected chi connectivity index (χ3v) is 4.78. The molecular weight excluding hydrogens is 320 g/mol. The van der Waals surface area contributed by atoms with Gasteiger partial charge in [0.15, 0.2) is 0 Å². The summed E-state index contributed by atoms with van der Waals surface area (Å²) in [5, 5.41) is 18.2. The molecule has 0 fully saturated rings. The lowest BCUT2D eigenvalue weighted by Gasteiger charge is -2.09. The zero-order valence-corrected chi connectivity index (χ0v) is 12.8. The molecule has 1 heterocycles. The average molecular weight is 332 g/mol.